The van der Waals surface area contributed by atoms with Gasteiger partial charge in [-0.15, -0.1) is 0 Å². The number of unbranched alkanes of at least 4 members (excludes halogenated alkanes) is 1. The maximum Gasteiger partial charge on any atom is 0.302 e. The monoisotopic (exact) mass is 414 g/mol. The van der Waals surface area contributed by atoms with Crippen LogP contribution in [0.4, 0.5) is 0 Å². The van der Waals surface area contributed by atoms with Gasteiger partial charge in [-0.1, -0.05) is 58.6 Å². The highest BCUT2D eigenvalue weighted by atomic mass is 16.5. The Labute approximate surface area is 185 Å². The Morgan fingerprint density at radius 2 is 1.90 bits per heavy atom. The molecule has 4 rings (SSSR count). The highest BCUT2D eigenvalue weighted by Crippen LogP contribution is 2.66. The molecule has 0 amide bonds. The number of hydrogen-bond acceptors (Lipinski definition) is 2. The quantitative estimate of drug-likeness (QED) is 0.253. The summed E-state index contributed by atoms with van der Waals surface area (Å²) in [6, 6.07) is 0. The molecule has 2 nitrogen and oxygen atoms in total. The molecule has 4 aliphatic carbocycles. The molecule has 0 aromatic rings. The van der Waals surface area contributed by atoms with Gasteiger partial charge in [0.05, 0.1) is 0 Å². The van der Waals surface area contributed by atoms with Crippen molar-refractivity contribution in [3.63, 3.8) is 0 Å². The lowest BCUT2D eigenvalue weighted by Crippen LogP contribution is -2.50. The van der Waals surface area contributed by atoms with Crippen molar-refractivity contribution in [2.45, 2.75) is 118 Å². The van der Waals surface area contributed by atoms with Crippen LogP contribution in [0.3, 0.4) is 0 Å². The van der Waals surface area contributed by atoms with E-state index in [4.69, 9.17) is 4.74 Å². The summed E-state index contributed by atoms with van der Waals surface area (Å²) in [5, 5.41) is 0. The Balaban J connectivity index is 1.44. The van der Waals surface area contributed by atoms with Crippen molar-refractivity contribution in [2.24, 2.45) is 40.4 Å². The molecule has 3 fully saturated rings. The van der Waals surface area contributed by atoms with Crippen LogP contribution in [-0.4, -0.2) is 12.1 Å². The first kappa shape index (κ1) is 22.4. The van der Waals surface area contributed by atoms with E-state index < -0.39 is 0 Å². The van der Waals surface area contributed by atoms with Crippen molar-refractivity contribution in [3.8, 4) is 0 Å². The minimum absolute atomic E-state index is 0.114. The first-order valence-corrected chi connectivity index (χ1v) is 13.1. The van der Waals surface area contributed by atoms with Crippen molar-refractivity contribution in [1.29, 1.82) is 0 Å². The molecule has 0 aromatic carbocycles. The largest absolute Gasteiger partial charge is 0.462 e. The van der Waals surface area contributed by atoms with Crippen molar-refractivity contribution in [1.82, 2.24) is 0 Å². The summed E-state index contributed by atoms with van der Waals surface area (Å²) in [4.78, 5) is 11.5. The molecule has 0 heterocycles. The van der Waals surface area contributed by atoms with Gasteiger partial charge in [0.1, 0.15) is 6.10 Å². The van der Waals surface area contributed by atoms with Crippen LogP contribution in [0.25, 0.3) is 0 Å². The maximum atomic E-state index is 11.5. The first-order valence-electron chi connectivity index (χ1n) is 13.1. The lowest BCUT2D eigenvalue weighted by atomic mass is 9.47. The Morgan fingerprint density at radius 3 is 2.63 bits per heavy atom. The molecule has 0 saturated heterocycles. The zero-order valence-electron chi connectivity index (χ0n) is 20.3. The SMILES string of the molecule is CC(=O)O[C@H]1CC[C@@]2(C)C(=CCC3C2CC[C@@]2(C)C3CC[C@@H]2CCCCC(C)C)C1. The fourth-order valence-corrected chi connectivity index (χ4v) is 8.49. The number of esters is 1. The van der Waals surface area contributed by atoms with Crippen molar-refractivity contribution >= 4 is 5.97 Å². The molecule has 170 valence electrons. The molecule has 7 atom stereocenters. The first-order chi connectivity index (χ1) is 14.2. The minimum Gasteiger partial charge on any atom is -0.462 e. The Hall–Kier alpha value is -0.790. The smallest absolute Gasteiger partial charge is 0.302 e. The van der Waals surface area contributed by atoms with Crippen LogP contribution in [0.15, 0.2) is 11.6 Å². The fourth-order valence-electron chi connectivity index (χ4n) is 8.49. The van der Waals surface area contributed by atoms with Gasteiger partial charge in [-0.25, -0.2) is 0 Å². The van der Waals surface area contributed by atoms with Crippen LogP contribution in [0.5, 0.6) is 0 Å². The summed E-state index contributed by atoms with van der Waals surface area (Å²) < 4.78 is 5.60. The summed E-state index contributed by atoms with van der Waals surface area (Å²) in [6.07, 6.45) is 18.8. The molecule has 0 N–H and O–H groups in total. The van der Waals surface area contributed by atoms with E-state index in [0.717, 1.165) is 42.4 Å². The standard InChI is InChI=1S/C28H46O2/c1-19(2)8-6-7-9-21-11-13-25-24-12-10-22-18-23(30-20(3)29)14-16-28(22,5)26(24)15-17-27(21,25)4/h10,19,21,23-26H,6-9,11-18H2,1-5H3/t21-,23-,24?,25?,26?,27+,28-/m0/s1. The Bertz CT molecular complexity index is 664. The van der Waals surface area contributed by atoms with Gasteiger partial charge in [-0.2, -0.15) is 0 Å². The molecule has 4 aliphatic rings. The van der Waals surface area contributed by atoms with E-state index in [0.29, 0.717) is 10.8 Å². The highest BCUT2D eigenvalue weighted by Gasteiger charge is 2.58. The number of carbonyl (C=O) groups excluding carboxylic acids is 1. The number of fused-ring (bicyclic) bond motifs is 5. The Morgan fingerprint density at radius 1 is 1.10 bits per heavy atom. The van der Waals surface area contributed by atoms with E-state index in [2.05, 4.69) is 33.8 Å². The van der Waals surface area contributed by atoms with E-state index in [1.807, 2.05) is 0 Å². The average Bonchev–Trinajstić information content (AvgIpc) is 3.01. The maximum absolute atomic E-state index is 11.5. The molecule has 3 unspecified atom stereocenters. The summed E-state index contributed by atoms with van der Waals surface area (Å²) in [5.41, 5.74) is 2.57. The predicted octanol–water partition coefficient (Wildman–Crippen LogP) is 7.71. The van der Waals surface area contributed by atoms with Gasteiger partial charge in [-0.05, 0) is 91.8 Å². The van der Waals surface area contributed by atoms with Crippen LogP contribution in [-0.2, 0) is 9.53 Å². The second-order valence-electron chi connectivity index (χ2n) is 12.2. The third kappa shape index (κ3) is 4.02. The molecule has 3 saturated carbocycles. The summed E-state index contributed by atoms with van der Waals surface area (Å²) in [6.45, 7) is 11.5. The molecule has 0 spiro atoms. The lowest BCUT2D eigenvalue weighted by Gasteiger charge is -2.58. The van der Waals surface area contributed by atoms with Crippen molar-refractivity contribution in [3.05, 3.63) is 11.6 Å². The van der Waals surface area contributed by atoms with Crippen molar-refractivity contribution in [2.75, 3.05) is 0 Å². The second-order valence-corrected chi connectivity index (χ2v) is 12.2. The predicted molar refractivity (Wildman–Crippen MR) is 124 cm³/mol. The minimum atomic E-state index is -0.114. The molecule has 0 aromatic heterocycles. The van der Waals surface area contributed by atoms with Crippen LogP contribution >= 0.6 is 0 Å². The zero-order valence-corrected chi connectivity index (χ0v) is 20.3. The zero-order chi connectivity index (χ0) is 21.5. The number of carbonyl (C=O) groups is 1. The van der Waals surface area contributed by atoms with E-state index in [-0.39, 0.29) is 12.1 Å². The Kier molecular flexibility index (Phi) is 6.44. The van der Waals surface area contributed by atoms with Gasteiger partial charge in [0.25, 0.3) is 0 Å². The van der Waals surface area contributed by atoms with Gasteiger partial charge in [0.15, 0.2) is 0 Å². The highest BCUT2D eigenvalue weighted by molar-refractivity contribution is 5.66. The van der Waals surface area contributed by atoms with Crippen LogP contribution in [0.2, 0.25) is 0 Å². The molecular formula is C28H46O2. The lowest BCUT2D eigenvalue weighted by molar-refractivity contribution is -0.148. The van der Waals surface area contributed by atoms with Gasteiger partial charge >= 0.3 is 5.97 Å². The number of hydrogen-bond donors (Lipinski definition) is 0. The summed E-state index contributed by atoms with van der Waals surface area (Å²) in [7, 11) is 0. The topological polar surface area (TPSA) is 26.3 Å². The molecule has 2 heteroatoms. The van der Waals surface area contributed by atoms with Gasteiger partial charge < -0.3 is 4.74 Å². The number of ether oxygens (including phenoxy) is 1. The van der Waals surface area contributed by atoms with E-state index in [1.54, 1.807) is 12.5 Å². The van der Waals surface area contributed by atoms with Gasteiger partial charge in [0.2, 0.25) is 0 Å². The van der Waals surface area contributed by atoms with E-state index in [9.17, 15) is 4.79 Å². The van der Waals surface area contributed by atoms with E-state index >= 15 is 0 Å². The summed E-state index contributed by atoms with van der Waals surface area (Å²) >= 11 is 0. The van der Waals surface area contributed by atoms with Crippen LogP contribution in [0, 0.1) is 40.4 Å². The van der Waals surface area contributed by atoms with Crippen LogP contribution in [0.1, 0.15) is 112 Å². The van der Waals surface area contributed by atoms with E-state index in [1.165, 1.54) is 64.2 Å². The third-order valence-corrected chi connectivity index (χ3v) is 10.2. The third-order valence-electron chi connectivity index (χ3n) is 10.2. The molecule has 30 heavy (non-hydrogen) atoms. The summed E-state index contributed by atoms with van der Waals surface area (Å²) in [5.74, 6) is 4.39. The number of allylic oxidation sites excluding steroid dienone is 1. The second kappa shape index (κ2) is 8.62. The molecule has 0 radical (unpaired) electrons. The number of rotatable bonds is 6. The fraction of sp³-hybridized carbons (Fsp3) is 0.893. The molecule has 0 aliphatic heterocycles. The van der Waals surface area contributed by atoms with Crippen molar-refractivity contribution < 1.29 is 9.53 Å². The van der Waals surface area contributed by atoms with Gasteiger partial charge in [0, 0.05) is 13.3 Å². The van der Waals surface area contributed by atoms with Gasteiger partial charge in [-0.3, -0.25) is 4.79 Å². The average molecular weight is 415 g/mol. The molecule has 0 bridgehead atoms. The molecular weight excluding hydrogens is 368 g/mol. The van der Waals surface area contributed by atoms with Crippen LogP contribution < -0.4 is 0 Å². The normalized spacial score (nSPS) is 42.9.